The first-order valence-corrected chi connectivity index (χ1v) is 8.22. The minimum atomic E-state index is -3.54. The Labute approximate surface area is 112 Å². The lowest BCUT2D eigenvalue weighted by atomic mass is 10.2. The van der Waals surface area contributed by atoms with Crippen LogP contribution in [-0.4, -0.2) is 27.4 Å². The fourth-order valence-electron chi connectivity index (χ4n) is 1.31. The molecule has 0 bridgehead atoms. The third-order valence-corrected chi connectivity index (χ3v) is 5.08. The van der Waals surface area contributed by atoms with E-state index in [9.17, 15) is 13.2 Å². The van der Waals surface area contributed by atoms with Crippen molar-refractivity contribution in [3.63, 3.8) is 0 Å². The van der Waals surface area contributed by atoms with Gasteiger partial charge in [-0.3, -0.25) is 4.79 Å². The number of hydrogen-bond acceptors (Lipinski definition) is 4. The minimum absolute atomic E-state index is 0.216. The van der Waals surface area contributed by atoms with Crippen LogP contribution in [0.2, 0.25) is 0 Å². The first kappa shape index (κ1) is 15.1. The van der Waals surface area contributed by atoms with E-state index in [0.717, 1.165) is 30.6 Å². The van der Waals surface area contributed by atoms with Crippen molar-refractivity contribution in [3.05, 3.63) is 17.5 Å². The monoisotopic (exact) mass is 290 g/mol. The second kappa shape index (κ2) is 7.50. The smallest absolute Gasteiger partial charge is 0.250 e. The first-order chi connectivity index (χ1) is 8.56. The highest BCUT2D eigenvalue weighted by Crippen LogP contribution is 2.14. The SMILES string of the molecule is CCCCCNC(=O)CNS(=O)(=O)c1cccs1. The van der Waals surface area contributed by atoms with E-state index in [2.05, 4.69) is 17.0 Å². The molecule has 0 aliphatic carbocycles. The summed E-state index contributed by atoms with van der Waals surface area (Å²) in [6.07, 6.45) is 3.06. The normalized spacial score (nSPS) is 11.4. The Bertz CT molecular complexity index is 455. The molecule has 0 saturated carbocycles. The topological polar surface area (TPSA) is 75.3 Å². The Kier molecular flexibility index (Phi) is 6.31. The molecule has 0 fully saturated rings. The molecule has 1 aromatic rings. The van der Waals surface area contributed by atoms with Crippen molar-refractivity contribution in [2.45, 2.75) is 30.4 Å². The zero-order chi connectivity index (χ0) is 13.4. The molecule has 102 valence electrons. The molecule has 0 aliphatic rings. The van der Waals surface area contributed by atoms with Crippen molar-refractivity contribution in [2.75, 3.05) is 13.1 Å². The van der Waals surface area contributed by atoms with Gasteiger partial charge in [0.25, 0.3) is 10.0 Å². The zero-order valence-electron chi connectivity index (χ0n) is 10.3. The maximum absolute atomic E-state index is 11.7. The van der Waals surface area contributed by atoms with Crippen LogP contribution >= 0.6 is 11.3 Å². The van der Waals surface area contributed by atoms with Crippen molar-refractivity contribution >= 4 is 27.3 Å². The molecule has 0 aliphatic heterocycles. The van der Waals surface area contributed by atoms with Crippen LogP contribution < -0.4 is 10.0 Å². The summed E-state index contributed by atoms with van der Waals surface area (Å²) in [5.74, 6) is -0.300. The summed E-state index contributed by atoms with van der Waals surface area (Å²) < 4.78 is 25.9. The molecule has 7 heteroatoms. The quantitative estimate of drug-likeness (QED) is 0.709. The molecular weight excluding hydrogens is 272 g/mol. The highest BCUT2D eigenvalue weighted by molar-refractivity contribution is 7.91. The Morgan fingerprint density at radius 2 is 2.17 bits per heavy atom. The lowest BCUT2D eigenvalue weighted by molar-refractivity contribution is -0.119. The number of amides is 1. The largest absolute Gasteiger partial charge is 0.355 e. The molecule has 18 heavy (non-hydrogen) atoms. The van der Waals surface area contributed by atoms with E-state index in [-0.39, 0.29) is 16.7 Å². The van der Waals surface area contributed by atoms with Gasteiger partial charge >= 0.3 is 0 Å². The molecule has 2 N–H and O–H groups in total. The second-order valence-electron chi connectivity index (χ2n) is 3.81. The fraction of sp³-hybridized carbons (Fsp3) is 0.545. The highest BCUT2D eigenvalue weighted by Gasteiger charge is 2.15. The van der Waals surface area contributed by atoms with Crippen LogP contribution in [0.3, 0.4) is 0 Å². The highest BCUT2D eigenvalue weighted by atomic mass is 32.2. The van der Waals surface area contributed by atoms with Gasteiger partial charge in [-0.1, -0.05) is 25.8 Å². The molecular formula is C11H18N2O3S2. The standard InChI is InChI=1S/C11H18N2O3S2/c1-2-3-4-7-12-10(14)9-13-18(15,16)11-6-5-8-17-11/h5-6,8,13H,2-4,7,9H2,1H3,(H,12,14). The zero-order valence-corrected chi connectivity index (χ0v) is 11.9. The number of nitrogens with one attached hydrogen (secondary N) is 2. The molecule has 0 atom stereocenters. The number of hydrogen-bond donors (Lipinski definition) is 2. The maximum Gasteiger partial charge on any atom is 0.250 e. The van der Waals surface area contributed by atoms with Gasteiger partial charge in [-0.05, 0) is 17.9 Å². The van der Waals surface area contributed by atoms with E-state index in [4.69, 9.17) is 0 Å². The average molecular weight is 290 g/mol. The summed E-state index contributed by atoms with van der Waals surface area (Å²) in [7, 11) is -3.54. The van der Waals surface area contributed by atoms with Crippen LogP contribution in [0.25, 0.3) is 0 Å². The fourth-order valence-corrected chi connectivity index (χ4v) is 3.33. The summed E-state index contributed by atoms with van der Waals surface area (Å²) in [5.41, 5.74) is 0. The Hall–Kier alpha value is -0.920. The maximum atomic E-state index is 11.7. The van der Waals surface area contributed by atoms with E-state index in [0.29, 0.717) is 6.54 Å². The number of thiophene rings is 1. The summed E-state index contributed by atoms with van der Waals surface area (Å²) in [5, 5.41) is 4.35. The molecule has 1 heterocycles. The van der Waals surface area contributed by atoms with Gasteiger partial charge < -0.3 is 5.32 Å². The van der Waals surface area contributed by atoms with Crippen molar-refractivity contribution < 1.29 is 13.2 Å². The summed E-state index contributed by atoms with van der Waals surface area (Å²) >= 11 is 1.12. The van der Waals surface area contributed by atoms with Gasteiger partial charge in [-0.25, -0.2) is 13.1 Å². The van der Waals surface area contributed by atoms with Crippen LogP contribution in [0.15, 0.2) is 21.7 Å². The van der Waals surface area contributed by atoms with Gasteiger partial charge in [0.1, 0.15) is 4.21 Å². The van der Waals surface area contributed by atoms with E-state index in [1.807, 2.05) is 0 Å². The molecule has 0 unspecified atom stereocenters. The van der Waals surface area contributed by atoms with Crippen LogP contribution in [0, 0.1) is 0 Å². The molecule has 0 spiro atoms. The van der Waals surface area contributed by atoms with Crippen LogP contribution in [0.4, 0.5) is 0 Å². The third-order valence-electron chi connectivity index (χ3n) is 2.29. The summed E-state index contributed by atoms with van der Waals surface area (Å²) in [6, 6.07) is 3.16. The molecule has 1 amide bonds. The molecule has 0 aromatic carbocycles. The predicted molar refractivity (Wildman–Crippen MR) is 72.0 cm³/mol. The minimum Gasteiger partial charge on any atom is -0.355 e. The van der Waals surface area contributed by atoms with Crippen LogP contribution in [-0.2, 0) is 14.8 Å². The predicted octanol–water partition coefficient (Wildman–Crippen LogP) is 1.33. The number of rotatable bonds is 8. The Morgan fingerprint density at radius 1 is 1.39 bits per heavy atom. The van der Waals surface area contributed by atoms with Crippen LogP contribution in [0.1, 0.15) is 26.2 Å². The van der Waals surface area contributed by atoms with E-state index < -0.39 is 10.0 Å². The lowest BCUT2D eigenvalue weighted by Crippen LogP contribution is -2.37. The van der Waals surface area contributed by atoms with E-state index in [1.165, 1.54) is 6.07 Å². The van der Waals surface area contributed by atoms with Gasteiger partial charge in [-0.15, -0.1) is 11.3 Å². The van der Waals surface area contributed by atoms with Gasteiger partial charge in [0, 0.05) is 6.54 Å². The van der Waals surface area contributed by atoms with Gasteiger partial charge in [-0.2, -0.15) is 0 Å². The van der Waals surface area contributed by atoms with E-state index in [1.54, 1.807) is 11.4 Å². The van der Waals surface area contributed by atoms with Crippen LogP contribution in [0.5, 0.6) is 0 Å². The van der Waals surface area contributed by atoms with E-state index >= 15 is 0 Å². The molecule has 5 nitrogen and oxygen atoms in total. The van der Waals surface area contributed by atoms with Gasteiger partial charge in [0.2, 0.25) is 5.91 Å². The number of carbonyl (C=O) groups is 1. The Balaban J connectivity index is 2.30. The number of sulfonamides is 1. The van der Waals surface area contributed by atoms with Gasteiger partial charge in [0.05, 0.1) is 6.54 Å². The first-order valence-electron chi connectivity index (χ1n) is 5.86. The molecule has 1 rings (SSSR count). The Morgan fingerprint density at radius 3 is 2.78 bits per heavy atom. The second-order valence-corrected chi connectivity index (χ2v) is 6.76. The average Bonchev–Trinajstić information content (AvgIpc) is 2.87. The van der Waals surface area contributed by atoms with Crippen molar-refractivity contribution in [2.24, 2.45) is 0 Å². The molecule has 1 aromatic heterocycles. The van der Waals surface area contributed by atoms with Crippen molar-refractivity contribution in [1.82, 2.24) is 10.0 Å². The molecule has 0 radical (unpaired) electrons. The van der Waals surface area contributed by atoms with Gasteiger partial charge in [0.15, 0.2) is 0 Å². The number of carbonyl (C=O) groups excluding carboxylic acids is 1. The van der Waals surface area contributed by atoms with Crippen molar-refractivity contribution in [3.8, 4) is 0 Å². The summed E-state index contributed by atoms with van der Waals surface area (Å²) in [6.45, 7) is 2.46. The summed E-state index contributed by atoms with van der Waals surface area (Å²) in [4.78, 5) is 11.4. The number of unbranched alkanes of at least 4 members (excludes halogenated alkanes) is 2. The van der Waals surface area contributed by atoms with Crippen molar-refractivity contribution in [1.29, 1.82) is 0 Å². The lowest BCUT2D eigenvalue weighted by Gasteiger charge is -2.06. The molecule has 0 saturated heterocycles. The third kappa shape index (κ3) is 5.16.